The van der Waals surface area contributed by atoms with Crippen LogP contribution in [-0.2, 0) is 12.8 Å². The number of benzene rings is 1. The molecule has 0 aliphatic rings. The summed E-state index contributed by atoms with van der Waals surface area (Å²) in [6.07, 6.45) is 6.97. The van der Waals surface area contributed by atoms with Gasteiger partial charge in [0.15, 0.2) is 0 Å². The molecule has 1 aromatic carbocycles. The first-order valence-electron chi connectivity index (χ1n) is 6.35. The summed E-state index contributed by atoms with van der Waals surface area (Å²) < 4.78 is 0. The van der Waals surface area contributed by atoms with Crippen molar-refractivity contribution in [1.82, 2.24) is 0 Å². The Labute approximate surface area is 123 Å². The minimum Gasteiger partial charge on any atom is -0.330 e. The average molecular weight is 293 g/mol. The molecule has 106 valence electrons. The number of rotatable bonds is 8. The van der Waals surface area contributed by atoms with Gasteiger partial charge < -0.3 is 11.5 Å². The van der Waals surface area contributed by atoms with E-state index in [1.807, 2.05) is 0 Å². The zero-order chi connectivity index (χ0) is 11.6. The summed E-state index contributed by atoms with van der Waals surface area (Å²) in [6.45, 7) is 1.60. The molecule has 0 fully saturated rings. The second-order valence-electron chi connectivity index (χ2n) is 4.26. The van der Waals surface area contributed by atoms with E-state index in [0.717, 1.165) is 38.8 Å². The molecule has 2 nitrogen and oxygen atoms in total. The van der Waals surface area contributed by atoms with Crippen molar-refractivity contribution >= 4 is 24.8 Å². The highest BCUT2D eigenvalue weighted by atomic mass is 35.5. The topological polar surface area (TPSA) is 52.0 Å². The minimum atomic E-state index is 0. The van der Waals surface area contributed by atoms with Crippen molar-refractivity contribution in [2.75, 3.05) is 13.1 Å². The van der Waals surface area contributed by atoms with Crippen LogP contribution in [0.5, 0.6) is 0 Å². The van der Waals surface area contributed by atoms with E-state index in [1.54, 1.807) is 0 Å². The predicted octanol–water partition coefficient (Wildman–Crippen LogP) is 3.09. The van der Waals surface area contributed by atoms with E-state index in [9.17, 15) is 0 Å². The molecule has 0 radical (unpaired) electrons. The average Bonchev–Trinajstić information content (AvgIpc) is 2.32. The van der Waals surface area contributed by atoms with Gasteiger partial charge in [0.05, 0.1) is 0 Å². The van der Waals surface area contributed by atoms with Gasteiger partial charge in [-0.1, -0.05) is 24.3 Å². The van der Waals surface area contributed by atoms with Gasteiger partial charge in [0.2, 0.25) is 0 Å². The van der Waals surface area contributed by atoms with Crippen LogP contribution in [0, 0.1) is 0 Å². The number of hydrogen-bond acceptors (Lipinski definition) is 2. The van der Waals surface area contributed by atoms with E-state index in [-0.39, 0.29) is 24.8 Å². The maximum atomic E-state index is 5.52. The molecule has 0 aliphatic carbocycles. The van der Waals surface area contributed by atoms with Crippen molar-refractivity contribution in [3.8, 4) is 0 Å². The lowest BCUT2D eigenvalue weighted by Crippen LogP contribution is -2.02. The molecule has 18 heavy (non-hydrogen) atoms. The van der Waals surface area contributed by atoms with Crippen molar-refractivity contribution in [3.05, 3.63) is 35.4 Å². The monoisotopic (exact) mass is 292 g/mol. The number of halogens is 2. The van der Waals surface area contributed by atoms with Crippen LogP contribution in [0.2, 0.25) is 0 Å². The second kappa shape index (κ2) is 13.2. The molecule has 1 aromatic rings. The molecule has 0 saturated carbocycles. The third kappa shape index (κ3) is 7.93. The molecular weight excluding hydrogens is 267 g/mol. The molecule has 0 heterocycles. The smallest absolute Gasteiger partial charge is 0.00772 e. The first kappa shape index (κ1) is 20.0. The summed E-state index contributed by atoms with van der Waals surface area (Å²) in [6, 6.07) is 8.75. The molecule has 4 N–H and O–H groups in total. The Morgan fingerprint density at radius 1 is 0.667 bits per heavy atom. The normalized spacial score (nSPS) is 9.44. The van der Waals surface area contributed by atoms with Gasteiger partial charge >= 0.3 is 0 Å². The Morgan fingerprint density at radius 2 is 1.06 bits per heavy atom. The summed E-state index contributed by atoms with van der Waals surface area (Å²) in [5.74, 6) is 0. The van der Waals surface area contributed by atoms with Crippen LogP contribution in [0.4, 0.5) is 0 Å². The van der Waals surface area contributed by atoms with Crippen molar-refractivity contribution in [2.45, 2.75) is 38.5 Å². The van der Waals surface area contributed by atoms with E-state index in [0.29, 0.717) is 0 Å². The van der Waals surface area contributed by atoms with Gasteiger partial charge in [-0.3, -0.25) is 0 Å². The van der Waals surface area contributed by atoms with E-state index >= 15 is 0 Å². The Hall–Kier alpha value is -0.280. The van der Waals surface area contributed by atoms with Gasteiger partial charge in [-0.05, 0) is 62.7 Å². The van der Waals surface area contributed by atoms with Gasteiger partial charge in [-0.15, -0.1) is 24.8 Å². The zero-order valence-electron chi connectivity index (χ0n) is 10.9. The maximum absolute atomic E-state index is 5.52. The number of hydrogen-bond donors (Lipinski definition) is 2. The lowest BCUT2D eigenvalue weighted by molar-refractivity contribution is 0.717. The molecule has 0 atom stereocenters. The Bertz CT molecular complexity index is 264. The third-order valence-electron chi connectivity index (χ3n) is 2.92. The van der Waals surface area contributed by atoms with Crippen molar-refractivity contribution in [2.24, 2.45) is 11.5 Å². The number of aryl methyl sites for hydroxylation is 2. The first-order chi connectivity index (χ1) is 7.88. The predicted molar refractivity (Wildman–Crippen MR) is 84.9 cm³/mol. The standard InChI is InChI=1S/C14H24N2.2ClH/c15-11-5-3-9-13-7-1-2-8-14(13)10-4-6-12-16;;/h1-2,7-8H,3-6,9-12,15-16H2;2*1H. The van der Waals surface area contributed by atoms with Crippen LogP contribution in [0.15, 0.2) is 24.3 Å². The summed E-state index contributed by atoms with van der Waals surface area (Å²) in [5, 5.41) is 0. The summed E-state index contributed by atoms with van der Waals surface area (Å²) in [7, 11) is 0. The Balaban J connectivity index is 0. The SMILES string of the molecule is Cl.Cl.NCCCCc1ccccc1CCCCN. The van der Waals surface area contributed by atoms with E-state index < -0.39 is 0 Å². The molecule has 0 spiro atoms. The van der Waals surface area contributed by atoms with Crippen LogP contribution < -0.4 is 11.5 Å². The lowest BCUT2D eigenvalue weighted by atomic mass is 9.98. The fourth-order valence-corrected chi connectivity index (χ4v) is 1.96. The van der Waals surface area contributed by atoms with E-state index in [4.69, 9.17) is 11.5 Å². The van der Waals surface area contributed by atoms with Gasteiger partial charge in [0, 0.05) is 0 Å². The summed E-state index contributed by atoms with van der Waals surface area (Å²) in [5.41, 5.74) is 14.0. The van der Waals surface area contributed by atoms with Gasteiger partial charge in [0.25, 0.3) is 0 Å². The molecule has 1 rings (SSSR count). The second-order valence-corrected chi connectivity index (χ2v) is 4.26. The van der Waals surface area contributed by atoms with Crippen molar-refractivity contribution < 1.29 is 0 Å². The molecule has 0 aromatic heterocycles. The first-order valence-corrected chi connectivity index (χ1v) is 6.35. The fraction of sp³-hybridized carbons (Fsp3) is 0.571. The fourth-order valence-electron chi connectivity index (χ4n) is 1.96. The lowest BCUT2D eigenvalue weighted by Gasteiger charge is -2.08. The largest absolute Gasteiger partial charge is 0.330 e. The van der Waals surface area contributed by atoms with Gasteiger partial charge in [-0.2, -0.15) is 0 Å². The quantitative estimate of drug-likeness (QED) is 0.724. The van der Waals surface area contributed by atoms with Crippen molar-refractivity contribution in [3.63, 3.8) is 0 Å². The van der Waals surface area contributed by atoms with E-state index in [2.05, 4.69) is 24.3 Å². The molecule has 0 aliphatic heterocycles. The summed E-state index contributed by atoms with van der Waals surface area (Å²) in [4.78, 5) is 0. The van der Waals surface area contributed by atoms with Crippen LogP contribution in [0.1, 0.15) is 36.8 Å². The van der Waals surface area contributed by atoms with Crippen LogP contribution in [0.25, 0.3) is 0 Å². The number of unbranched alkanes of at least 4 members (excludes halogenated alkanes) is 2. The minimum absolute atomic E-state index is 0. The molecule has 0 saturated heterocycles. The highest BCUT2D eigenvalue weighted by molar-refractivity contribution is 5.85. The van der Waals surface area contributed by atoms with Crippen LogP contribution in [-0.4, -0.2) is 13.1 Å². The maximum Gasteiger partial charge on any atom is -0.00772 e. The Morgan fingerprint density at radius 3 is 1.39 bits per heavy atom. The van der Waals surface area contributed by atoms with Gasteiger partial charge in [-0.25, -0.2) is 0 Å². The molecular formula is C14H26Cl2N2. The van der Waals surface area contributed by atoms with Crippen LogP contribution in [0.3, 0.4) is 0 Å². The highest BCUT2D eigenvalue weighted by Crippen LogP contribution is 2.14. The molecule has 4 heteroatoms. The molecule has 0 bridgehead atoms. The highest BCUT2D eigenvalue weighted by Gasteiger charge is 2.01. The number of nitrogens with two attached hydrogens (primary N) is 2. The van der Waals surface area contributed by atoms with E-state index in [1.165, 1.54) is 24.0 Å². The Kier molecular flexibility index (Phi) is 14.7. The zero-order valence-corrected chi connectivity index (χ0v) is 12.6. The molecule has 0 unspecified atom stereocenters. The third-order valence-corrected chi connectivity index (χ3v) is 2.92. The van der Waals surface area contributed by atoms with Crippen molar-refractivity contribution in [1.29, 1.82) is 0 Å². The van der Waals surface area contributed by atoms with Crippen LogP contribution >= 0.6 is 24.8 Å². The molecule has 0 amide bonds. The summed E-state index contributed by atoms with van der Waals surface area (Å²) >= 11 is 0. The van der Waals surface area contributed by atoms with Gasteiger partial charge in [0.1, 0.15) is 0 Å².